The van der Waals surface area contributed by atoms with Crippen LogP contribution in [0.3, 0.4) is 0 Å². The van der Waals surface area contributed by atoms with Gasteiger partial charge in [-0.05, 0) is 55.9 Å². The van der Waals surface area contributed by atoms with Gasteiger partial charge in [-0.15, -0.1) is 0 Å². The second kappa shape index (κ2) is 13.3. The van der Waals surface area contributed by atoms with Crippen molar-refractivity contribution in [1.29, 1.82) is 5.26 Å². The molecule has 214 valence electrons. The third kappa shape index (κ3) is 6.81. The molecule has 1 saturated carbocycles. The van der Waals surface area contributed by atoms with Gasteiger partial charge in [-0.1, -0.05) is 44.9 Å². The number of benzene rings is 1. The second-order valence-electron chi connectivity index (χ2n) is 10.2. The van der Waals surface area contributed by atoms with Gasteiger partial charge in [-0.3, -0.25) is 9.32 Å². The molecule has 1 aromatic carbocycles. The van der Waals surface area contributed by atoms with Crippen molar-refractivity contribution < 1.29 is 23.1 Å². The largest absolute Gasteiger partial charge is 0.464 e. The summed E-state index contributed by atoms with van der Waals surface area (Å²) in [6.07, 6.45) is 4.50. The molecule has 1 fully saturated rings. The first-order chi connectivity index (χ1) is 19.3. The molecular formula is C28H37N6O5P. The maximum Gasteiger partial charge on any atom is 0.459 e. The van der Waals surface area contributed by atoms with Crippen molar-refractivity contribution in [3.05, 3.63) is 54.5 Å². The molecule has 5 atom stereocenters. The van der Waals surface area contributed by atoms with E-state index >= 15 is 0 Å². The average molecular weight is 569 g/mol. The van der Waals surface area contributed by atoms with Gasteiger partial charge in [0.1, 0.15) is 23.6 Å². The van der Waals surface area contributed by atoms with E-state index in [0.717, 1.165) is 18.5 Å². The molecule has 2 heterocycles. The SMILES string of the molecule is CCC(CC)COC(=O)[C@H](C)N[P@](=O)(OC[C@@H]1CC[C@@H](C#N)[C@@H]1c1ccc2c(N)ncnn12)Oc1ccccc1. The van der Waals surface area contributed by atoms with Crippen LogP contribution in [0.5, 0.6) is 5.75 Å². The minimum atomic E-state index is -4.04. The van der Waals surface area contributed by atoms with Crippen LogP contribution in [0.1, 0.15) is 58.1 Å². The van der Waals surface area contributed by atoms with E-state index in [2.05, 4.69) is 21.2 Å². The molecular weight excluding hydrogens is 531 g/mol. The highest BCUT2D eigenvalue weighted by Crippen LogP contribution is 2.50. The summed E-state index contributed by atoms with van der Waals surface area (Å²) in [6.45, 7) is 5.99. The van der Waals surface area contributed by atoms with Crippen LogP contribution in [0.2, 0.25) is 0 Å². The van der Waals surface area contributed by atoms with Crippen LogP contribution < -0.4 is 15.3 Å². The van der Waals surface area contributed by atoms with Crippen LogP contribution in [-0.4, -0.2) is 39.8 Å². The minimum Gasteiger partial charge on any atom is -0.464 e. The molecule has 11 nitrogen and oxygen atoms in total. The number of nitrogen functional groups attached to an aromatic ring is 1. The predicted molar refractivity (Wildman–Crippen MR) is 150 cm³/mol. The van der Waals surface area contributed by atoms with Crippen molar-refractivity contribution in [2.45, 2.75) is 58.4 Å². The first-order valence-electron chi connectivity index (χ1n) is 13.7. The Morgan fingerprint density at radius 3 is 2.67 bits per heavy atom. The summed E-state index contributed by atoms with van der Waals surface area (Å²) in [5.41, 5.74) is 7.49. The Bertz CT molecular complexity index is 1370. The molecule has 1 aliphatic rings. The molecule has 3 N–H and O–H groups in total. The molecule has 0 bridgehead atoms. The lowest BCUT2D eigenvalue weighted by atomic mass is 9.88. The Morgan fingerprint density at radius 2 is 1.98 bits per heavy atom. The smallest absolute Gasteiger partial charge is 0.459 e. The summed E-state index contributed by atoms with van der Waals surface area (Å²) in [7, 11) is -4.04. The zero-order valence-electron chi connectivity index (χ0n) is 23.1. The highest BCUT2D eigenvalue weighted by molar-refractivity contribution is 7.52. The lowest BCUT2D eigenvalue weighted by Gasteiger charge is -2.26. The summed E-state index contributed by atoms with van der Waals surface area (Å²) in [4.78, 5) is 16.8. The number of nitrogens with zero attached hydrogens (tertiary/aromatic N) is 4. The van der Waals surface area contributed by atoms with Gasteiger partial charge >= 0.3 is 13.7 Å². The Labute approximate surface area is 234 Å². The van der Waals surface area contributed by atoms with Gasteiger partial charge < -0.3 is 15.0 Å². The molecule has 0 unspecified atom stereocenters. The van der Waals surface area contributed by atoms with Crippen molar-refractivity contribution >= 4 is 25.1 Å². The van der Waals surface area contributed by atoms with Gasteiger partial charge in [0.05, 0.1) is 25.2 Å². The lowest BCUT2D eigenvalue weighted by Crippen LogP contribution is -2.36. The molecule has 0 saturated heterocycles. The topological polar surface area (TPSA) is 154 Å². The van der Waals surface area contributed by atoms with Crippen molar-refractivity contribution in [2.24, 2.45) is 17.8 Å². The van der Waals surface area contributed by atoms with Crippen molar-refractivity contribution in [3.8, 4) is 11.8 Å². The van der Waals surface area contributed by atoms with Crippen LogP contribution in [0.25, 0.3) is 5.52 Å². The van der Waals surface area contributed by atoms with E-state index in [1.807, 2.05) is 32.0 Å². The number of esters is 1. The zero-order valence-corrected chi connectivity index (χ0v) is 24.0. The summed E-state index contributed by atoms with van der Waals surface area (Å²) in [5, 5.41) is 17.0. The fraction of sp³-hybridized carbons (Fsp3) is 0.500. The molecule has 3 aromatic rings. The number of carbonyl (C=O) groups is 1. The maximum absolute atomic E-state index is 14.0. The number of anilines is 1. The summed E-state index contributed by atoms with van der Waals surface area (Å²) in [6, 6.07) is 13.8. The minimum absolute atomic E-state index is 0.0310. The number of nitrogens with one attached hydrogen (secondary N) is 1. The van der Waals surface area contributed by atoms with E-state index in [4.69, 9.17) is 19.5 Å². The number of nitriles is 1. The molecule has 0 radical (unpaired) electrons. The van der Waals surface area contributed by atoms with E-state index in [1.165, 1.54) is 6.33 Å². The monoisotopic (exact) mass is 568 g/mol. The molecule has 0 amide bonds. The zero-order chi connectivity index (χ0) is 28.7. The van der Waals surface area contributed by atoms with Gasteiger partial charge in [0.15, 0.2) is 5.82 Å². The van der Waals surface area contributed by atoms with Crippen molar-refractivity contribution in [2.75, 3.05) is 18.9 Å². The van der Waals surface area contributed by atoms with Crippen LogP contribution in [0.4, 0.5) is 5.82 Å². The predicted octanol–water partition coefficient (Wildman–Crippen LogP) is 5.11. The van der Waals surface area contributed by atoms with Crippen molar-refractivity contribution in [1.82, 2.24) is 19.7 Å². The number of nitrogens with two attached hydrogens (primary N) is 1. The van der Waals surface area contributed by atoms with E-state index in [9.17, 15) is 14.6 Å². The third-order valence-electron chi connectivity index (χ3n) is 7.56. The molecule has 0 spiro atoms. The number of hydrogen-bond acceptors (Lipinski definition) is 9. The van der Waals surface area contributed by atoms with Gasteiger partial charge in [0.25, 0.3) is 0 Å². The number of hydrogen-bond donors (Lipinski definition) is 2. The summed E-state index contributed by atoms with van der Waals surface area (Å²) < 4.78 is 33.0. The van der Waals surface area contributed by atoms with E-state index in [0.29, 0.717) is 36.5 Å². The molecule has 1 aliphatic carbocycles. The highest BCUT2D eigenvalue weighted by atomic mass is 31.2. The van der Waals surface area contributed by atoms with Crippen molar-refractivity contribution in [3.63, 3.8) is 0 Å². The maximum atomic E-state index is 14.0. The van der Waals surface area contributed by atoms with E-state index < -0.39 is 19.8 Å². The number of fused-ring (bicyclic) bond motifs is 1. The van der Waals surface area contributed by atoms with Gasteiger partial charge in [0, 0.05) is 11.6 Å². The lowest BCUT2D eigenvalue weighted by molar-refractivity contribution is -0.146. The van der Waals surface area contributed by atoms with Gasteiger partial charge in [-0.2, -0.15) is 15.4 Å². The number of aromatic nitrogens is 3. The third-order valence-corrected chi connectivity index (χ3v) is 9.20. The number of para-hydroxylation sites is 1. The van der Waals surface area contributed by atoms with E-state index in [-0.39, 0.29) is 30.3 Å². The van der Waals surface area contributed by atoms with Gasteiger partial charge in [-0.25, -0.2) is 14.1 Å². The quantitative estimate of drug-likeness (QED) is 0.210. The fourth-order valence-corrected chi connectivity index (χ4v) is 6.68. The Kier molecular flexibility index (Phi) is 9.80. The molecule has 0 aliphatic heterocycles. The summed E-state index contributed by atoms with van der Waals surface area (Å²) >= 11 is 0. The summed E-state index contributed by atoms with van der Waals surface area (Å²) in [5.74, 6) is -0.288. The molecule has 2 aromatic heterocycles. The number of rotatable bonds is 13. The Hall–Kier alpha value is -3.45. The Balaban J connectivity index is 1.53. The molecule has 12 heteroatoms. The number of ether oxygens (including phenoxy) is 1. The fourth-order valence-electron chi connectivity index (χ4n) is 5.13. The first kappa shape index (κ1) is 29.5. The van der Waals surface area contributed by atoms with Gasteiger partial charge in [0.2, 0.25) is 0 Å². The Morgan fingerprint density at radius 1 is 1.23 bits per heavy atom. The number of carbonyl (C=O) groups excluding carboxylic acids is 1. The van der Waals surface area contributed by atoms with Crippen LogP contribution in [0, 0.1) is 29.1 Å². The average Bonchev–Trinajstić information content (AvgIpc) is 3.57. The van der Waals surface area contributed by atoms with Crippen LogP contribution in [-0.2, 0) is 18.6 Å². The first-order valence-corrected chi connectivity index (χ1v) is 15.2. The van der Waals surface area contributed by atoms with Crippen LogP contribution >= 0.6 is 7.75 Å². The second-order valence-corrected chi connectivity index (χ2v) is 11.9. The van der Waals surface area contributed by atoms with E-state index in [1.54, 1.807) is 35.7 Å². The molecule has 4 rings (SSSR count). The van der Waals surface area contributed by atoms with Crippen LogP contribution in [0.15, 0.2) is 48.8 Å². The molecule has 40 heavy (non-hydrogen) atoms. The normalized spacial score (nSPS) is 21.1. The highest BCUT2D eigenvalue weighted by Gasteiger charge is 2.42. The standard InChI is InChI=1S/C28H37N6O5P/c1-4-20(5-2)16-37-28(35)19(3)33-40(36,39-23-9-7-6-8-10-23)38-17-22-12-11-21(15-29)26(22)24-13-14-25-27(30)31-18-32-34(24)25/h6-10,13-14,18-22,26H,4-5,11-12,16-17H2,1-3H3,(H,33,36)(H2,30,31,32)/t19-,21-,22-,26-,40-/m0/s1.